The summed E-state index contributed by atoms with van der Waals surface area (Å²) in [5.41, 5.74) is 7.89. The van der Waals surface area contributed by atoms with Gasteiger partial charge in [-0.05, 0) is 68.0 Å². The molecule has 0 saturated carbocycles. The molecule has 2 aliphatic rings. The molecule has 37 heavy (non-hydrogen) atoms. The number of hydrogen-bond acceptors (Lipinski definition) is 6. The predicted molar refractivity (Wildman–Crippen MR) is 141 cm³/mol. The van der Waals surface area contributed by atoms with Crippen LogP contribution in [0.5, 0.6) is 0 Å². The number of piperazine rings is 1. The number of carbonyl (C=O) groups is 1. The minimum atomic E-state index is 0.217. The van der Waals surface area contributed by atoms with Crippen LogP contribution in [0.3, 0.4) is 0 Å². The number of carbonyl (C=O) groups excluding carboxylic acids is 1. The smallest absolute Gasteiger partial charge is 0.222 e. The van der Waals surface area contributed by atoms with Gasteiger partial charge in [0.05, 0.1) is 5.69 Å². The van der Waals surface area contributed by atoms with E-state index in [4.69, 9.17) is 5.10 Å². The number of nitrogens with zero attached hydrogens (tertiary/aromatic N) is 8. The van der Waals surface area contributed by atoms with E-state index < -0.39 is 0 Å². The zero-order valence-corrected chi connectivity index (χ0v) is 21.7. The van der Waals surface area contributed by atoms with Gasteiger partial charge < -0.3 is 4.90 Å². The van der Waals surface area contributed by atoms with Crippen molar-refractivity contribution in [2.24, 2.45) is 0 Å². The van der Waals surface area contributed by atoms with Gasteiger partial charge in [0.1, 0.15) is 0 Å². The largest absolute Gasteiger partial charge is 0.340 e. The van der Waals surface area contributed by atoms with Crippen LogP contribution in [-0.4, -0.2) is 71.5 Å². The Morgan fingerprint density at radius 2 is 1.81 bits per heavy atom. The maximum atomic E-state index is 13.1. The zero-order chi connectivity index (χ0) is 25.5. The molecule has 0 atom stereocenters. The molecular formula is C28H32N8O. The molecule has 1 fully saturated rings. The van der Waals surface area contributed by atoms with Crippen LogP contribution in [0.4, 0.5) is 0 Å². The molecule has 9 nitrogen and oxygen atoms in total. The predicted octanol–water partition coefficient (Wildman–Crippen LogP) is 3.08. The highest BCUT2D eigenvalue weighted by Gasteiger charge is 2.23. The van der Waals surface area contributed by atoms with E-state index in [0.717, 1.165) is 61.9 Å². The molecule has 6 rings (SSSR count). The van der Waals surface area contributed by atoms with E-state index in [1.165, 1.54) is 16.7 Å². The Labute approximate surface area is 216 Å². The number of aryl methyl sites for hydroxylation is 2. The number of aromatic nitrogens is 6. The second-order valence-electron chi connectivity index (χ2n) is 10.1. The summed E-state index contributed by atoms with van der Waals surface area (Å²) in [5.74, 6) is 1.66. The van der Waals surface area contributed by atoms with Gasteiger partial charge in [-0.2, -0.15) is 9.61 Å². The summed E-state index contributed by atoms with van der Waals surface area (Å²) in [6.45, 7) is 10.2. The third-order valence-electron chi connectivity index (χ3n) is 7.63. The third-order valence-corrected chi connectivity index (χ3v) is 7.63. The Morgan fingerprint density at radius 3 is 2.65 bits per heavy atom. The summed E-state index contributed by atoms with van der Waals surface area (Å²) in [5, 5.41) is 17.6. The van der Waals surface area contributed by atoms with Gasteiger partial charge in [0.2, 0.25) is 5.91 Å². The summed E-state index contributed by atoms with van der Waals surface area (Å²) in [6.07, 6.45) is 6.63. The van der Waals surface area contributed by atoms with Gasteiger partial charge in [-0.1, -0.05) is 30.4 Å². The standard InChI is InChI=1S/C28H32N8O/c1-19-25(20(2)35(31-19)27-11-10-26-30-29-21(3)36(26)32-27)9-12-28(37)34-15-13-33(14-16-34)18-22-7-8-23-5-4-6-24(23)17-22/h4-5,7-8,10-11,17H,6,9,12-16,18H2,1-3H3. The van der Waals surface area contributed by atoms with Crippen LogP contribution in [0, 0.1) is 20.8 Å². The van der Waals surface area contributed by atoms with Crippen molar-refractivity contribution in [3.8, 4) is 5.82 Å². The molecule has 0 bridgehead atoms. The normalized spacial score (nSPS) is 15.6. The van der Waals surface area contributed by atoms with Crippen molar-refractivity contribution in [3.63, 3.8) is 0 Å². The van der Waals surface area contributed by atoms with Gasteiger partial charge in [-0.25, -0.2) is 4.68 Å². The first kappa shape index (κ1) is 23.5. The van der Waals surface area contributed by atoms with Crippen molar-refractivity contribution in [2.45, 2.75) is 46.6 Å². The van der Waals surface area contributed by atoms with Gasteiger partial charge in [-0.3, -0.25) is 9.69 Å². The van der Waals surface area contributed by atoms with Gasteiger partial charge in [-0.15, -0.1) is 15.3 Å². The molecule has 1 aromatic carbocycles. The monoisotopic (exact) mass is 496 g/mol. The van der Waals surface area contributed by atoms with Gasteiger partial charge >= 0.3 is 0 Å². The minimum Gasteiger partial charge on any atom is -0.340 e. The number of benzene rings is 1. The highest BCUT2D eigenvalue weighted by molar-refractivity contribution is 5.76. The van der Waals surface area contributed by atoms with Gasteiger partial charge in [0.15, 0.2) is 17.3 Å². The number of rotatable bonds is 6. The van der Waals surface area contributed by atoms with E-state index in [1.807, 2.05) is 42.5 Å². The lowest BCUT2D eigenvalue weighted by Gasteiger charge is -2.35. The zero-order valence-electron chi connectivity index (χ0n) is 21.7. The summed E-state index contributed by atoms with van der Waals surface area (Å²) < 4.78 is 3.57. The lowest BCUT2D eigenvalue weighted by molar-refractivity contribution is -0.133. The number of fused-ring (bicyclic) bond motifs is 2. The third kappa shape index (κ3) is 4.55. The fourth-order valence-corrected chi connectivity index (χ4v) is 5.47. The first-order valence-corrected chi connectivity index (χ1v) is 13.0. The highest BCUT2D eigenvalue weighted by atomic mass is 16.2. The van der Waals surface area contributed by atoms with Crippen molar-refractivity contribution in [1.82, 2.24) is 39.4 Å². The lowest BCUT2D eigenvalue weighted by atomic mass is 10.1. The molecule has 1 amide bonds. The van der Waals surface area contributed by atoms with E-state index in [-0.39, 0.29) is 5.91 Å². The summed E-state index contributed by atoms with van der Waals surface area (Å²) in [4.78, 5) is 17.5. The maximum absolute atomic E-state index is 13.1. The van der Waals surface area contributed by atoms with Crippen LogP contribution in [0.15, 0.2) is 36.4 Å². The molecule has 0 N–H and O–H groups in total. The molecule has 9 heteroatoms. The summed E-state index contributed by atoms with van der Waals surface area (Å²) in [7, 11) is 0. The van der Waals surface area contributed by atoms with E-state index in [0.29, 0.717) is 24.3 Å². The molecule has 0 radical (unpaired) electrons. The molecule has 1 saturated heterocycles. The SMILES string of the molecule is Cc1nn(-c2ccc3nnc(C)n3n2)c(C)c1CCC(=O)N1CCN(Cc2ccc3c(c2)CC=C3)CC1. The van der Waals surface area contributed by atoms with Crippen LogP contribution in [0.1, 0.15) is 45.9 Å². The number of allylic oxidation sites excluding steroid dienone is 1. The minimum absolute atomic E-state index is 0.217. The molecule has 0 spiro atoms. The second kappa shape index (κ2) is 9.55. The van der Waals surface area contributed by atoms with E-state index in [1.54, 1.807) is 4.52 Å². The summed E-state index contributed by atoms with van der Waals surface area (Å²) >= 11 is 0. The average Bonchev–Trinajstić information content (AvgIpc) is 3.60. The van der Waals surface area contributed by atoms with Crippen LogP contribution < -0.4 is 0 Å². The topological polar surface area (TPSA) is 84.4 Å². The molecule has 4 aromatic rings. The first-order valence-electron chi connectivity index (χ1n) is 13.0. The van der Waals surface area contributed by atoms with E-state index in [2.05, 4.69) is 50.5 Å². The molecule has 190 valence electrons. The number of amides is 1. The van der Waals surface area contributed by atoms with Crippen LogP contribution >= 0.6 is 0 Å². The maximum Gasteiger partial charge on any atom is 0.222 e. The Morgan fingerprint density at radius 1 is 0.973 bits per heavy atom. The molecule has 1 aliphatic carbocycles. The van der Waals surface area contributed by atoms with Crippen molar-refractivity contribution in [3.05, 3.63) is 75.9 Å². The van der Waals surface area contributed by atoms with Crippen molar-refractivity contribution in [1.29, 1.82) is 0 Å². The highest BCUT2D eigenvalue weighted by Crippen LogP contribution is 2.22. The molecular weight excluding hydrogens is 464 g/mol. The van der Waals surface area contributed by atoms with E-state index >= 15 is 0 Å². The Bertz CT molecular complexity index is 1510. The van der Waals surface area contributed by atoms with Gasteiger partial charge in [0.25, 0.3) is 0 Å². The van der Waals surface area contributed by atoms with Crippen molar-refractivity contribution < 1.29 is 4.79 Å². The fraction of sp³-hybridized carbons (Fsp3) is 0.393. The van der Waals surface area contributed by atoms with Crippen LogP contribution in [0.2, 0.25) is 0 Å². The molecule has 4 heterocycles. The fourth-order valence-electron chi connectivity index (χ4n) is 5.47. The average molecular weight is 497 g/mol. The Balaban J connectivity index is 1.05. The van der Waals surface area contributed by atoms with Gasteiger partial charge in [0, 0.05) is 44.8 Å². The molecule has 3 aromatic heterocycles. The quantitative estimate of drug-likeness (QED) is 0.408. The first-order chi connectivity index (χ1) is 18.0. The molecule has 1 aliphatic heterocycles. The lowest BCUT2D eigenvalue weighted by Crippen LogP contribution is -2.48. The Hall–Kier alpha value is -3.85. The number of hydrogen-bond donors (Lipinski definition) is 0. The van der Waals surface area contributed by atoms with E-state index in [9.17, 15) is 4.79 Å². The Kier molecular flexibility index (Phi) is 6.08. The van der Waals surface area contributed by atoms with Crippen LogP contribution in [-0.2, 0) is 24.2 Å². The summed E-state index contributed by atoms with van der Waals surface area (Å²) in [6, 6.07) is 10.6. The second-order valence-corrected chi connectivity index (χ2v) is 10.1. The molecule has 0 unspecified atom stereocenters. The van der Waals surface area contributed by atoms with Crippen LogP contribution in [0.25, 0.3) is 17.5 Å². The van der Waals surface area contributed by atoms with Crippen molar-refractivity contribution in [2.75, 3.05) is 26.2 Å². The van der Waals surface area contributed by atoms with Crippen molar-refractivity contribution >= 4 is 17.6 Å².